The Hall–Kier alpha value is -5.03. The maximum atomic E-state index is 14.1. The molecule has 7 N–H and O–H groups in total. The minimum Gasteiger partial charge on any atom is -0.390 e. The lowest BCUT2D eigenvalue weighted by Gasteiger charge is -2.22. The number of aromatic nitrogens is 4. The largest absolute Gasteiger partial charge is 0.490 e. The number of nitrogens with one attached hydrogen (secondary N) is 2. The van der Waals surface area contributed by atoms with Crippen LogP contribution < -0.4 is 25.5 Å². The summed E-state index contributed by atoms with van der Waals surface area (Å²) in [5.74, 6) is 0.277. The number of hydrogen-bond donors (Lipinski definition) is 7. The van der Waals surface area contributed by atoms with Crippen molar-refractivity contribution < 1.29 is 65.8 Å². The predicted octanol–water partition coefficient (Wildman–Crippen LogP) is 5.54. The molecule has 1 saturated heterocycles. The van der Waals surface area contributed by atoms with Gasteiger partial charge in [-0.2, -0.15) is 8.62 Å². The molecule has 0 bridgehead atoms. The SMILES string of the molecule is CN(CCCC(=O)NCCCCCCNc1ncnc2c1ncn2[C@H]1C[C@H](O)[C@@H](COP(=O)(O)OP(=O)(O)OP(=O)(O)O)O1)C(=O)c1ccccc1-c1c2ccc(=[N+](C)C)cc-2sc2cc(N(C)C)ccc12. The number of ether oxygens (including phenoxy) is 1. The van der Waals surface area contributed by atoms with Crippen molar-refractivity contribution in [1.82, 2.24) is 34.3 Å². The first kappa shape index (κ1) is 54.7. The average Bonchev–Trinajstić information content (AvgIpc) is 3.92. The van der Waals surface area contributed by atoms with Crippen molar-refractivity contribution in [2.45, 2.75) is 63.4 Å². The third kappa shape index (κ3) is 14.0. The monoisotopic (exact) mass is 1070 g/mol. The molecule has 5 atom stereocenters. The van der Waals surface area contributed by atoms with E-state index in [4.69, 9.17) is 14.5 Å². The van der Waals surface area contributed by atoms with Gasteiger partial charge in [-0.1, -0.05) is 37.1 Å². The normalized spacial score (nSPS) is 17.7. The van der Waals surface area contributed by atoms with Crippen LogP contribution in [-0.2, 0) is 36.4 Å². The lowest BCUT2D eigenvalue weighted by atomic mass is 9.91. The van der Waals surface area contributed by atoms with Crippen LogP contribution in [0, 0.1) is 0 Å². The molecule has 23 nitrogen and oxygen atoms in total. The number of carbonyl (C=O) groups excluding carboxylic acids is 2. The first-order chi connectivity index (χ1) is 34.1. The predicted molar refractivity (Wildman–Crippen MR) is 271 cm³/mol. The first-order valence-electron chi connectivity index (χ1n) is 22.9. The van der Waals surface area contributed by atoms with E-state index < -0.39 is 48.5 Å². The molecule has 2 aromatic carbocycles. The quantitative estimate of drug-likeness (QED) is 0.0179. The topological polar surface area (TPSA) is 301 Å². The summed E-state index contributed by atoms with van der Waals surface area (Å²) in [5.41, 5.74) is 5.43. The number of phosphoric ester groups is 1. The maximum Gasteiger partial charge on any atom is 0.490 e. The van der Waals surface area contributed by atoms with E-state index in [1.54, 1.807) is 23.3 Å². The zero-order valence-electron chi connectivity index (χ0n) is 40.2. The highest BCUT2D eigenvalue weighted by atomic mass is 32.1. The molecule has 4 aromatic rings. The lowest BCUT2D eigenvalue weighted by molar-refractivity contribution is -0.121. The Bertz CT molecular complexity index is 3110. The van der Waals surface area contributed by atoms with E-state index in [0.717, 1.165) is 68.4 Å². The smallest absolute Gasteiger partial charge is 0.390 e. The van der Waals surface area contributed by atoms with Crippen LogP contribution in [0.3, 0.4) is 0 Å². The highest BCUT2D eigenvalue weighted by Crippen LogP contribution is 2.66. The number of amides is 2. The minimum atomic E-state index is -5.71. The number of carbonyl (C=O) groups is 2. The Labute approximate surface area is 418 Å². The number of aliphatic hydroxyl groups is 1. The van der Waals surface area contributed by atoms with Gasteiger partial charge in [0.25, 0.3) is 5.91 Å². The number of phosphoric acid groups is 3. The average molecular weight is 1080 g/mol. The van der Waals surface area contributed by atoms with E-state index in [0.29, 0.717) is 48.6 Å². The van der Waals surface area contributed by atoms with Crippen LogP contribution in [0.4, 0.5) is 11.5 Å². The summed E-state index contributed by atoms with van der Waals surface area (Å²) in [6, 6.07) is 20.6. The lowest BCUT2D eigenvalue weighted by Crippen LogP contribution is -2.30. The van der Waals surface area contributed by atoms with Crippen molar-refractivity contribution in [1.29, 1.82) is 0 Å². The molecule has 2 amide bonds. The molecule has 0 spiro atoms. The molecule has 0 radical (unpaired) electrons. The van der Waals surface area contributed by atoms with Crippen LogP contribution in [0.1, 0.15) is 61.5 Å². The van der Waals surface area contributed by atoms with E-state index in [1.165, 1.54) is 17.2 Å². The number of aliphatic hydroxyl groups excluding tert-OH is 1. The third-order valence-corrected chi connectivity index (χ3v) is 16.7. The number of nitrogens with zero attached hydrogens (tertiary/aromatic N) is 7. The zero-order chi connectivity index (χ0) is 52.0. The zero-order valence-corrected chi connectivity index (χ0v) is 43.7. The second-order valence-corrected chi connectivity index (χ2v) is 23.1. The first-order valence-corrected chi connectivity index (χ1v) is 28.3. The minimum absolute atomic E-state index is 0.0275. The van der Waals surface area contributed by atoms with E-state index >= 15 is 0 Å². The third-order valence-electron chi connectivity index (χ3n) is 11.8. The van der Waals surface area contributed by atoms with E-state index in [9.17, 15) is 38.2 Å². The van der Waals surface area contributed by atoms with Crippen molar-refractivity contribution in [3.05, 3.63) is 84.2 Å². The van der Waals surface area contributed by atoms with Gasteiger partial charge < -0.3 is 49.9 Å². The Morgan fingerprint density at radius 2 is 1.64 bits per heavy atom. The van der Waals surface area contributed by atoms with E-state index in [2.05, 4.69) is 84.6 Å². The fraction of sp³-hybridized carbons (Fsp3) is 0.422. The highest BCUT2D eigenvalue weighted by Gasteiger charge is 2.43. The molecule has 1 aliphatic carbocycles. The molecule has 27 heteroatoms. The number of unbranched alkanes of at least 4 members (excludes halogenated alkanes) is 3. The molecule has 0 saturated carbocycles. The van der Waals surface area contributed by atoms with E-state index in [-0.39, 0.29) is 24.7 Å². The molecule has 2 aliphatic heterocycles. The number of imidazole rings is 1. The van der Waals surface area contributed by atoms with E-state index in [1.807, 2.05) is 52.5 Å². The number of rotatable bonds is 23. The summed E-state index contributed by atoms with van der Waals surface area (Å²) in [6.45, 7) is 0.692. The Kier molecular flexibility index (Phi) is 17.8. The number of fused-ring (bicyclic) bond motifs is 3. The van der Waals surface area contributed by atoms with Gasteiger partial charge in [-0.05, 0) is 54.7 Å². The van der Waals surface area contributed by atoms with Gasteiger partial charge in [0.2, 0.25) is 11.3 Å². The Morgan fingerprint density at radius 3 is 2.38 bits per heavy atom. The summed E-state index contributed by atoms with van der Waals surface area (Å²) in [7, 11) is -6.82. The molecular formula is C45H59N9O14P3S+. The number of benzene rings is 3. The van der Waals surface area contributed by atoms with Crippen molar-refractivity contribution in [2.24, 2.45) is 0 Å². The van der Waals surface area contributed by atoms with Crippen LogP contribution in [0.2, 0.25) is 0 Å². The summed E-state index contributed by atoms with van der Waals surface area (Å²) < 4.78 is 57.2. The van der Waals surface area contributed by atoms with Crippen LogP contribution in [0.15, 0.2) is 73.3 Å². The van der Waals surface area contributed by atoms with Gasteiger partial charge in [0, 0.05) is 97.5 Å². The fourth-order valence-electron chi connectivity index (χ4n) is 8.21. The maximum absolute atomic E-state index is 14.1. The second-order valence-electron chi connectivity index (χ2n) is 17.6. The summed E-state index contributed by atoms with van der Waals surface area (Å²) in [5, 5.41) is 19.0. The molecule has 1 fully saturated rings. The second kappa shape index (κ2) is 23.5. The van der Waals surface area contributed by atoms with Gasteiger partial charge in [-0.3, -0.25) is 18.7 Å². The molecule has 3 aliphatic rings. The van der Waals surface area contributed by atoms with Crippen LogP contribution in [0.5, 0.6) is 0 Å². The Morgan fingerprint density at radius 1 is 0.889 bits per heavy atom. The van der Waals surface area contributed by atoms with Gasteiger partial charge in [0.1, 0.15) is 32.8 Å². The van der Waals surface area contributed by atoms with Gasteiger partial charge >= 0.3 is 23.5 Å². The van der Waals surface area contributed by atoms with Gasteiger partial charge in [0.15, 0.2) is 17.0 Å². The fourth-order valence-corrected chi connectivity index (χ4v) is 12.4. The molecule has 388 valence electrons. The van der Waals surface area contributed by atoms with Crippen molar-refractivity contribution in [3.8, 4) is 21.6 Å². The van der Waals surface area contributed by atoms with Gasteiger partial charge in [0.05, 0.1) is 19.0 Å². The molecule has 2 aromatic heterocycles. The molecular weight excluding hydrogens is 1020 g/mol. The summed E-state index contributed by atoms with van der Waals surface area (Å²) in [6.07, 6.45) is 3.51. The van der Waals surface area contributed by atoms with Crippen molar-refractivity contribution in [3.63, 3.8) is 0 Å². The number of anilines is 2. The standard InChI is InChI=1S/C45H58N9O14P3S/c1-51(2)29-16-18-33-37(23-29)72-38-24-30(52(3)4)17-19-34(38)41(33)31-13-8-9-14-32(31)45(57)53(5)22-12-15-39(56)46-20-10-6-7-11-21-47-43-42-44(49-27-48-43)54(28-50-42)40-25-35(55)36(66-40)26-65-70(61,62)68-71(63,64)67-69(58,59)60/h8-9,13-14,16-19,23-24,27-28,35-36,40,55H,6-7,10-12,15,20-22,25-26H2,1-5H3,(H5-,46,47,48,49,56,58,59,60,61,62,63,64)/p+1/t35-,36+,40+/m0/s1. The van der Waals surface area contributed by atoms with Gasteiger partial charge in [-0.25, -0.2) is 33.2 Å². The molecule has 2 unspecified atom stereocenters. The highest BCUT2D eigenvalue weighted by molar-refractivity contribution is 7.66. The number of hydrogen-bond acceptors (Lipinski definition) is 16. The van der Waals surface area contributed by atoms with Crippen LogP contribution in [-0.4, -0.2) is 135 Å². The van der Waals surface area contributed by atoms with Crippen molar-refractivity contribution in [2.75, 3.05) is 71.7 Å². The van der Waals surface area contributed by atoms with Gasteiger partial charge in [-0.15, -0.1) is 11.3 Å². The summed E-state index contributed by atoms with van der Waals surface area (Å²) in [4.78, 5) is 81.4. The molecule has 4 heterocycles. The molecule has 72 heavy (non-hydrogen) atoms. The van der Waals surface area contributed by atoms with Crippen LogP contribution in [0.25, 0.3) is 42.8 Å². The van der Waals surface area contributed by atoms with Crippen molar-refractivity contribution >= 4 is 79.4 Å². The Balaban J connectivity index is 0.833. The molecule has 7 rings (SSSR count). The van der Waals surface area contributed by atoms with Crippen LogP contribution >= 0.6 is 34.8 Å². The summed E-state index contributed by atoms with van der Waals surface area (Å²) >= 11 is 1.74.